The van der Waals surface area contributed by atoms with Gasteiger partial charge in [0.15, 0.2) is 0 Å². The van der Waals surface area contributed by atoms with Crippen molar-refractivity contribution in [3.05, 3.63) is 83.5 Å². The largest absolute Gasteiger partial charge is 0.457 e. The zero-order valence-corrected chi connectivity index (χ0v) is 36.7. The Kier molecular flexibility index (Phi) is 12.9. The van der Waals surface area contributed by atoms with Crippen molar-refractivity contribution >= 4 is 34.6 Å². The first kappa shape index (κ1) is 42.7. The smallest absolute Gasteiger partial charge is 0.338 e. The lowest BCUT2D eigenvalue weighted by atomic mass is 9.85. The van der Waals surface area contributed by atoms with E-state index in [-0.39, 0.29) is 39.6 Å². The lowest BCUT2D eigenvalue weighted by Gasteiger charge is -2.19. The molecule has 3 aliphatic heterocycles. The highest BCUT2D eigenvalue weighted by Gasteiger charge is 2.27. The fourth-order valence-electron chi connectivity index (χ4n) is 6.21. The number of aromatic nitrogens is 4. The van der Waals surface area contributed by atoms with Gasteiger partial charge in [-0.1, -0.05) is 95.2 Å². The Morgan fingerprint density at radius 1 is 0.800 bits per heavy atom. The highest BCUT2D eigenvalue weighted by Crippen LogP contribution is 2.34. The maximum Gasteiger partial charge on any atom is 0.338 e. The van der Waals surface area contributed by atoms with Crippen molar-refractivity contribution in [3.63, 3.8) is 0 Å². The van der Waals surface area contributed by atoms with Gasteiger partial charge in [-0.15, -0.1) is 22.7 Å². The fraction of sp³-hybridized carbons (Fsp3) is 0.605. The number of hydrogen-bond acceptors (Lipinski definition) is 10. The van der Waals surface area contributed by atoms with Crippen LogP contribution < -0.4 is 10.6 Å². The van der Waals surface area contributed by atoms with E-state index in [0.717, 1.165) is 62.1 Å². The Labute approximate surface area is 335 Å². The van der Waals surface area contributed by atoms with E-state index >= 15 is 0 Å². The number of aliphatic hydroxyl groups is 1. The van der Waals surface area contributed by atoms with Crippen LogP contribution >= 0.6 is 22.7 Å². The first-order valence-corrected chi connectivity index (χ1v) is 21.2. The number of carbonyl (C=O) groups excluding carboxylic acids is 2. The van der Waals surface area contributed by atoms with Crippen LogP contribution in [-0.2, 0) is 65.4 Å². The van der Waals surface area contributed by atoms with Crippen molar-refractivity contribution in [2.45, 2.75) is 156 Å². The minimum absolute atomic E-state index is 0.00458. The molecule has 3 N–H and O–H groups in total. The van der Waals surface area contributed by atoms with E-state index in [4.69, 9.17) is 9.72 Å². The number of carbonyl (C=O) groups is 2. The summed E-state index contributed by atoms with van der Waals surface area (Å²) in [6.07, 6.45) is 3.59. The average molecular weight is 791 g/mol. The SMILES string of the molecule is CC(C)(C)c1cc2n(n1)CCNC2=O.CC(C)(C)c1ccc2c(c1)C(=O)OC2.CC(C)(C)c1nc2c(s1)CC(O)CC2.CC(C)(C)c1nc2c(s1)CNCC2. The molecule has 1 atom stereocenters. The molecular formula is C43H62N6O4S2. The molecule has 0 radical (unpaired) electrons. The maximum absolute atomic E-state index is 11.5. The monoisotopic (exact) mass is 790 g/mol. The number of aliphatic hydroxyl groups excluding tert-OH is 1. The number of cyclic esters (lactones) is 1. The van der Waals surface area contributed by atoms with Crippen molar-refractivity contribution < 1.29 is 19.4 Å². The van der Waals surface area contributed by atoms with Crippen molar-refractivity contribution in [3.8, 4) is 0 Å². The highest BCUT2D eigenvalue weighted by molar-refractivity contribution is 7.12. The summed E-state index contributed by atoms with van der Waals surface area (Å²) in [7, 11) is 0. The molecule has 0 fully saturated rings. The molecule has 300 valence electrons. The summed E-state index contributed by atoms with van der Waals surface area (Å²) in [5.74, 6) is -0.203. The Balaban J connectivity index is 0.000000141. The lowest BCUT2D eigenvalue weighted by molar-refractivity contribution is 0.0534. The summed E-state index contributed by atoms with van der Waals surface area (Å²) in [6, 6.07) is 7.89. The van der Waals surface area contributed by atoms with E-state index in [1.165, 1.54) is 36.7 Å². The predicted molar refractivity (Wildman–Crippen MR) is 223 cm³/mol. The average Bonchev–Trinajstić information content (AvgIpc) is 3.89. The van der Waals surface area contributed by atoms with E-state index in [1.807, 2.05) is 29.5 Å². The molecule has 1 amide bonds. The van der Waals surface area contributed by atoms with Gasteiger partial charge in [-0.2, -0.15) is 5.10 Å². The first-order chi connectivity index (χ1) is 25.5. The second-order valence-electron chi connectivity index (χ2n) is 18.9. The van der Waals surface area contributed by atoms with Crippen LogP contribution in [0, 0.1) is 0 Å². The Bertz CT molecular complexity index is 1960. The number of nitrogens with one attached hydrogen (secondary N) is 2. The number of hydrogen-bond donors (Lipinski definition) is 3. The Morgan fingerprint density at radius 3 is 2.02 bits per heavy atom. The number of amides is 1. The molecular weight excluding hydrogens is 729 g/mol. The van der Waals surface area contributed by atoms with Gasteiger partial charge in [0, 0.05) is 64.0 Å². The number of benzene rings is 1. The third-order valence-corrected chi connectivity index (χ3v) is 12.8. The standard InChI is InChI=1S/C12H14O2.C11H17NOS.C10H15N3O.C10H16N2S/c1-12(2,3)9-5-4-8-7-14-11(13)10(8)6-9;1-11(2,3)10-12-8-5-4-7(13)6-9(8)14-10;1-10(2,3)8-6-7-9(14)11-4-5-13(7)12-8;1-10(2,3)9-12-7-4-5-11-6-8(7)13-9/h4-6H,7H2,1-3H3;7,13H,4-6H2,1-3H3;6H,4-5H2,1-3H3,(H,11,14);11H,4-6H2,1-3H3. The topological polar surface area (TPSA) is 131 Å². The number of fused-ring (bicyclic) bond motifs is 4. The molecule has 55 heavy (non-hydrogen) atoms. The van der Waals surface area contributed by atoms with E-state index in [9.17, 15) is 14.7 Å². The van der Waals surface area contributed by atoms with Gasteiger partial charge in [0.2, 0.25) is 0 Å². The van der Waals surface area contributed by atoms with E-state index in [1.54, 1.807) is 16.0 Å². The summed E-state index contributed by atoms with van der Waals surface area (Å²) in [6.45, 7) is 29.9. The molecule has 0 saturated heterocycles. The van der Waals surface area contributed by atoms with Gasteiger partial charge in [0.1, 0.15) is 12.3 Å². The van der Waals surface area contributed by atoms with Crippen molar-refractivity contribution in [2.75, 3.05) is 13.1 Å². The van der Waals surface area contributed by atoms with E-state index < -0.39 is 0 Å². The molecule has 0 bridgehead atoms. The van der Waals surface area contributed by atoms with Gasteiger partial charge < -0.3 is 20.5 Å². The third-order valence-electron chi connectivity index (χ3n) is 9.74. The molecule has 1 aliphatic carbocycles. The van der Waals surface area contributed by atoms with Gasteiger partial charge in [-0.25, -0.2) is 14.8 Å². The second kappa shape index (κ2) is 16.6. The van der Waals surface area contributed by atoms with Gasteiger partial charge in [-0.05, 0) is 36.0 Å². The number of nitrogens with zero attached hydrogens (tertiary/aromatic N) is 4. The third kappa shape index (κ3) is 10.9. The van der Waals surface area contributed by atoms with Crippen LogP contribution in [0.1, 0.15) is 158 Å². The van der Waals surface area contributed by atoms with Crippen LogP contribution in [-0.4, -0.2) is 55.9 Å². The van der Waals surface area contributed by atoms with Crippen LogP contribution in [0.4, 0.5) is 0 Å². The zero-order valence-electron chi connectivity index (χ0n) is 35.0. The molecule has 1 unspecified atom stereocenters. The Morgan fingerprint density at radius 2 is 1.44 bits per heavy atom. The van der Waals surface area contributed by atoms with Gasteiger partial charge in [-0.3, -0.25) is 9.48 Å². The summed E-state index contributed by atoms with van der Waals surface area (Å²) in [5, 5.41) is 22.6. The van der Waals surface area contributed by atoms with Crippen molar-refractivity contribution in [1.29, 1.82) is 0 Å². The van der Waals surface area contributed by atoms with Crippen LogP contribution in [0.2, 0.25) is 0 Å². The zero-order chi connectivity index (χ0) is 40.5. The lowest BCUT2D eigenvalue weighted by Crippen LogP contribution is -2.35. The summed E-state index contributed by atoms with van der Waals surface area (Å²) in [5.41, 5.74) is 7.57. The molecule has 3 aromatic heterocycles. The number of aryl methyl sites for hydroxylation is 1. The number of rotatable bonds is 0. The van der Waals surface area contributed by atoms with E-state index in [2.05, 4.69) is 110 Å². The van der Waals surface area contributed by atoms with Crippen molar-refractivity contribution in [1.82, 2.24) is 30.4 Å². The van der Waals surface area contributed by atoms with Crippen LogP contribution in [0.3, 0.4) is 0 Å². The summed E-state index contributed by atoms with van der Waals surface area (Å²) >= 11 is 3.64. The van der Waals surface area contributed by atoms with Crippen LogP contribution in [0.25, 0.3) is 0 Å². The van der Waals surface area contributed by atoms with Gasteiger partial charge >= 0.3 is 5.97 Å². The van der Waals surface area contributed by atoms with Gasteiger partial charge in [0.05, 0.1) is 45.3 Å². The van der Waals surface area contributed by atoms with Gasteiger partial charge in [0.25, 0.3) is 5.91 Å². The molecule has 12 heteroatoms. The normalized spacial score (nSPS) is 17.7. The van der Waals surface area contributed by atoms with Crippen molar-refractivity contribution in [2.24, 2.45) is 0 Å². The minimum Gasteiger partial charge on any atom is -0.457 e. The Hall–Kier alpha value is -3.45. The molecule has 4 aliphatic rings. The number of ether oxygens (including phenoxy) is 1. The quantitative estimate of drug-likeness (QED) is 0.153. The van der Waals surface area contributed by atoms with E-state index in [0.29, 0.717) is 18.8 Å². The number of thiazole rings is 2. The molecule has 0 saturated carbocycles. The fourth-order valence-corrected chi connectivity index (χ4v) is 8.58. The highest BCUT2D eigenvalue weighted by atomic mass is 32.1. The molecule has 4 aromatic rings. The first-order valence-electron chi connectivity index (χ1n) is 19.5. The number of esters is 1. The molecule has 8 rings (SSSR count). The molecule has 0 spiro atoms. The minimum atomic E-state index is -0.189. The van der Waals surface area contributed by atoms with Crippen LogP contribution in [0.15, 0.2) is 24.3 Å². The second-order valence-corrected chi connectivity index (χ2v) is 21.1. The summed E-state index contributed by atoms with van der Waals surface area (Å²) < 4.78 is 6.74. The molecule has 10 nitrogen and oxygen atoms in total. The predicted octanol–water partition coefficient (Wildman–Crippen LogP) is 7.96. The molecule has 6 heterocycles. The molecule has 1 aromatic carbocycles. The van der Waals surface area contributed by atoms with Crippen LogP contribution in [0.5, 0.6) is 0 Å². The summed E-state index contributed by atoms with van der Waals surface area (Å²) in [4.78, 5) is 34.9. The maximum atomic E-state index is 11.5.